The quantitative estimate of drug-likeness (QED) is 0.366. The van der Waals surface area contributed by atoms with Gasteiger partial charge in [-0.2, -0.15) is 0 Å². The number of hydrogen-bond donors (Lipinski definition) is 4. The lowest BCUT2D eigenvalue weighted by atomic mass is 9.87. The largest absolute Gasteiger partial charge is 0.398 e. The molecule has 1 unspecified atom stereocenters. The van der Waals surface area contributed by atoms with Crippen LogP contribution in [-0.4, -0.2) is 28.1 Å². The molecular weight excluding hydrogens is 403 g/mol. The Morgan fingerprint density at radius 2 is 2.20 bits per heavy atom. The van der Waals surface area contributed by atoms with Gasteiger partial charge in [-0.3, -0.25) is 4.79 Å². The van der Waals surface area contributed by atoms with Crippen LogP contribution in [0.25, 0.3) is 10.2 Å². The number of carbonyl (C=O) groups excluding carboxylic acids is 1. The summed E-state index contributed by atoms with van der Waals surface area (Å²) in [7, 11) is 0. The van der Waals surface area contributed by atoms with E-state index in [2.05, 4.69) is 20.6 Å². The van der Waals surface area contributed by atoms with Crippen molar-refractivity contribution in [1.29, 1.82) is 5.41 Å². The van der Waals surface area contributed by atoms with Crippen LogP contribution in [0.3, 0.4) is 0 Å². The van der Waals surface area contributed by atoms with Crippen LogP contribution in [0.15, 0.2) is 18.5 Å². The Balaban J connectivity index is 1.69. The van der Waals surface area contributed by atoms with Crippen molar-refractivity contribution in [3.8, 4) is 0 Å². The third kappa shape index (κ3) is 3.72. The smallest absolute Gasteiger partial charge is 0.223 e. The molecule has 0 aliphatic heterocycles. The Morgan fingerprint density at radius 3 is 2.93 bits per heavy atom. The van der Waals surface area contributed by atoms with Crippen LogP contribution >= 0.6 is 11.3 Å². The van der Waals surface area contributed by atoms with Crippen LogP contribution < -0.4 is 16.4 Å². The Hall–Kier alpha value is -3.07. The first-order valence-corrected chi connectivity index (χ1v) is 10.6. The van der Waals surface area contributed by atoms with Crippen molar-refractivity contribution in [2.24, 2.45) is 5.92 Å². The number of rotatable bonds is 5. The van der Waals surface area contributed by atoms with Gasteiger partial charge in [0.15, 0.2) is 0 Å². The minimum absolute atomic E-state index is 0.0537. The Labute approximate surface area is 177 Å². The molecule has 9 heteroatoms. The second-order valence-corrected chi connectivity index (χ2v) is 8.82. The number of nitrogens with two attached hydrogens (primary N) is 1. The van der Waals surface area contributed by atoms with E-state index in [1.54, 1.807) is 11.3 Å². The highest BCUT2D eigenvalue weighted by Gasteiger charge is 2.29. The second-order valence-electron chi connectivity index (χ2n) is 7.74. The van der Waals surface area contributed by atoms with E-state index in [-0.39, 0.29) is 29.2 Å². The number of nitrogen functional groups attached to an aromatic ring is 1. The minimum Gasteiger partial charge on any atom is -0.398 e. The second kappa shape index (κ2) is 7.98. The van der Waals surface area contributed by atoms with Gasteiger partial charge in [-0.05, 0) is 50.8 Å². The van der Waals surface area contributed by atoms with Gasteiger partial charge in [0.2, 0.25) is 5.91 Å². The summed E-state index contributed by atoms with van der Waals surface area (Å²) in [4.78, 5) is 23.1. The molecule has 0 spiro atoms. The predicted molar refractivity (Wildman–Crippen MR) is 118 cm³/mol. The monoisotopic (exact) mass is 426 g/mol. The molecule has 0 radical (unpaired) electrons. The number of amides is 1. The van der Waals surface area contributed by atoms with E-state index >= 15 is 0 Å². The van der Waals surface area contributed by atoms with Crippen LogP contribution in [0.5, 0.6) is 0 Å². The lowest BCUT2D eigenvalue weighted by Gasteiger charge is -2.23. The molecule has 2 aromatic heterocycles. The van der Waals surface area contributed by atoms with Crippen LogP contribution in [0.1, 0.15) is 36.3 Å². The maximum atomic E-state index is 14.5. The molecule has 156 valence electrons. The molecular formula is C21H23FN6OS. The predicted octanol–water partition coefficient (Wildman–Crippen LogP) is 3.78. The molecule has 1 aliphatic rings. The molecule has 1 aromatic carbocycles. The van der Waals surface area contributed by atoms with E-state index in [0.717, 1.165) is 39.7 Å². The first-order chi connectivity index (χ1) is 14.4. The molecule has 1 aliphatic carbocycles. The maximum Gasteiger partial charge on any atom is 0.223 e. The number of carbonyl (C=O) groups is 1. The minimum atomic E-state index is -0.514. The zero-order chi connectivity index (χ0) is 21.4. The van der Waals surface area contributed by atoms with Gasteiger partial charge < -0.3 is 21.8 Å². The van der Waals surface area contributed by atoms with E-state index in [0.29, 0.717) is 17.8 Å². The van der Waals surface area contributed by atoms with Gasteiger partial charge in [-0.25, -0.2) is 14.4 Å². The zero-order valence-electron chi connectivity index (χ0n) is 16.8. The first-order valence-electron chi connectivity index (χ1n) is 9.79. The van der Waals surface area contributed by atoms with E-state index in [1.165, 1.54) is 18.5 Å². The topological polar surface area (TPSA) is 117 Å². The van der Waals surface area contributed by atoms with Gasteiger partial charge in [0, 0.05) is 34.3 Å². The summed E-state index contributed by atoms with van der Waals surface area (Å²) in [5.74, 6) is 0.0317. The fraction of sp³-hybridized carbons (Fsp3) is 0.333. The lowest BCUT2D eigenvalue weighted by Crippen LogP contribution is -2.37. The molecule has 0 fully saturated rings. The number of aryl methyl sites for hydroxylation is 1. The molecule has 30 heavy (non-hydrogen) atoms. The number of hydrogen-bond acceptors (Lipinski definition) is 7. The SMILES string of the molecule is CC(C)NC(=O)C1CCc2c(sc3ncnc(Nc4cc(C=N)c(N)cc4F)c23)C1. The van der Waals surface area contributed by atoms with Crippen molar-refractivity contribution in [3.05, 3.63) is 40.3 Å². The zero-order valence-corrected chi connectivity index (χ0v) is 17.6. The number of fused-ring (bicyclic) bond motifs is 3. The maximum absolute atomic E-state index is 14.5. The highest BCUT2D eigenvalue weighted by atomic mass is 32.1. The van der Waals surface area contributed by atoms with Crippen LogP contribution in [-0.2, 0) is 17.6 Å². The molecule has 1 atom stereocenters. The van der Waals surface area contributed by atoms with Gasteiger partial charge in [-0.15, -0.1) is 11.3 Å². The van der Waals surface area contributed by atoms with Crippen molar-refractivity contribution in [1.82, 2.24) is 15.3 Å². The summed E-state index contributed by atoms with van der Waals surface area (Å²) in [5.41, 5.74) is 7.71. The normalized spacial score (nSPS) is 15.8. The third-order valence-electron chi connectivity index (χ3n) is 5.23. The fourth-order valence-corrected chi connectivity index (χ4v) is 5.05. The Kier molecular flexibility index (Phi) is 5.38. The summed E-state index contributed by atoms with van der Waals surface area (Å²) in [6.45, 7) is 3.92. The van der Waals surface area contributed by atoms with Crippen LogP contribution in [0, 0.1) is 17.1 Å². The molecule has 3 aromatic rings. The number of halogens is 1. The van der Waals surface area contributed by atoms with Gasteiger partial charge >= 0.3 is 0 Å². The van der Waals surface area contributed by atoms with Crippen LogP contribution in [0.2, 0.25) is 0 Å². The molecule has 0 saturated carbocycles. The third-order valence-corrected chi connectivity index (χ3v) is 6.39. The highest BCUT2D eigenvalue weighted by molar-refractivity contribution is 7.19. The number of anilines is 3. The summed E-state index contributed by atoms with van der Waals surface area (Å²) in [6, 6.07) is 2.81. The van der Waals surface area contributed by atoms with Crippen molar-refractivity contribution in [2.75, 3.05) is 11.1 Å². The number of thiophene rings is 1. The highest BCUT2D eigenvalue weighted by Crippen LogP contribution is 2.40. The number of aromatic nitrogens is 2. The van der Waals surface area contributed by atoms with E-state index in [4.69, 9.17) is 11.1 Å². The molecule has 5 N–H and O–H groups in total. The van der Waals surface area contributed by atoms with Gasteiger partial charge in [0.25, 0.3) is 0 Å². The van der Waals surface area contributed by atoms with Crippen molar-refractivity contribution in [2.45, 2.75) is 39.2 Å². The summed E-state index contributed by atoms with van der Waals surface area (Å²) in [5, 5.41) is 14.4. The summed E-state index contributed by atoms with van der Waals surface area (Å²) < 4.78 is 14.5. The molecule has 1 amide bonds. The van der Waals surface area contributed by atoms with Crippen molar-refractivity contribution >= 4 is 50.9 Å². The van der Waals surface area contributed by atoms with Crippen molar-refractivity contribution in [3.63, 3.8) is 0 Å². The lowest BCUT2D eigenvalue weighted by molar-refractivity contribution is -0.125. The summed E-state index contributed by atoms with van der Waals surface area (Å²) in [6.07, 6.45) is 4.69. The van der Waals surface area contributed by atoms with Crippen molar-refractivity contribution < 1.29 is 9.18 Å². The number of nitrogens with zero attached hydrogens (tertiary/aromatic N) is 2. The molecule has 0 bridgehead atoms. The number of benzene rings is 1. The Morgan fingerprint density at radius 1 is 1.40 bits per heavy atom. The average Bonchev–Trinajstić information content (AvgIpc) is 3.08. The first kappa shape index (κ1) is 20.2. The molecule has 2 heterocycles. The fourth-order valence-electron chi connectivity index (χ4n) is 3.78. The van der Waals surface area contributed by atoms with Gasteiger partial charge in [0.05, 0.1) is 11.1 Å². The van der Waals surface area contributed by atoms with E-state index < -0.39 is 5.82 Å². The van der Waals surface area contributed by atoms with E-state index in [1.807, 2.05) is 13.8 Å². The standard InChI is InChI=1S/C21H23FN6OS/c1-10(2)27-20(29)11-3-4-13-17(6-11)30-21-18(13)19(25-9-26-21)28-16-5-12(8-23)15(24)7-14(16)22/h5,7-11,23H,3-4,6,24H2,1-2H3,(H,27,29)(H,25,26,28). The molecule has 7 nitrogen and oxygen atoms in total. The average molecular weight is 427 g/mol. The van der Waals surface area contributed by atoms with Crippen LogP contribution in [0.4, 0.5) is 21.6 Å². The van der Waals surface area contributed by atoms with Gasteiger partial charge in [-0.1, -0.05) is 0 Å². The number of nitrogens with one attached hydrogen (secondary N) is 3. The molecule has 4 rings (SSSR count). The van der Waals surface area contributed by atoms with Gasteiger partial charge in [0.1, 0.15) is 22.8 Å². The molecule has 0 saturated heterocycles. The summed E-state index contributed by atoms with van der Waals surface area (Å²) >= 11 is 1.56. The van der Waals surface area contributed by atoms with E-state index in [9.17, 15) is 9.18 Å². The Bertz CT molecular complexity index is 1140.